The first-order valence-electron chi connectivity index (χ1n) is 22.6. The highest BCUT2D eigenvalue weighted by molar-refractivity contribution is 6.10. The second-order valence-corrected chi connectivity index (χ2v) is 19.0. The van der Waals surface area contributed by atoms with Gasteiger partial charge in [0.2, 0.25) is 0 Å². The third-order valence-corrected chi connectivity index (χ3v) is 14.4. The van der Waals surface area contributed by atoms with Crippen molar-refractivity contribution in [3.05, 3.63) is 228 Å². The fraction of sp³-hybridized carbons (Fsp3) is 0.150. The molecule has 4 heteroatoms. The minimum Gasteiger partial charge on any atom is -0.309 e. The first-order valence-corrected chi connectivity index (χ1v) is 22.6. The van der Waals surface area contributed by atoms with Crippen LogP contribution >= 0.6 is 0 Å². The molecule has 0 saturated heterocycles. The standard InChI is InChI=1S/C60H48N4/c1-58(2)33-34-59(3,4)52-38-54-48(37-51(52)58)47-29-13-16-32-53(47)64(54)44-26-18-22-41(36-44)57-62-55(39-19-7-5-8-20-39)61-56(63-57)40-21-17-25-43(35-40)60(42-23-9-6-10-24-42)49-30-14-11-27-45(49)46-28-12-15-31-50(46)60/h5-32,35-38H,33-34H2,1-4H3. The Balaban J connectivity index is 1.05. The number of aromatic nitrogens is 4. The van der Waals surface area contributed by atoms with Crippen LogP contribution in [-0.4, -0.2) is 19.5 Å². The third-order valence-electron chi connectivity index (χ3n) is 14.4. The van der Waals surface area contributed by atoms with Gasteiger partial charge >= 0.3 is 0 Å². The maximum atomic E-state index is 5.36. The number of hydrogen-bond acceptors (Lipinski definition) is 3. The number of rotatable bonds is 6. The summed E-state index contributed by atoms with van der Waals surface area (Å²) in [6.07, 6.45) is 2.34. The molecule has 0 N–H and O–H groups in total. The van der Waals surface area contributed by atoms with E-state index < -0.39 is 5.41 Å². The number of benzene rings is 8. The Morgan fingerprint density at radius 1 is 0.375 bits per heavy atom. The van der Waals surface area contributed by atoms with Gasteiger partial charge in [0, 0.05) is 33.2 Å². The summed E-state index contributed by atoms with van der Waals surface area (Å²) >= 11 is 0. The van der Waals surface area contributed by atoms with Crippen molar-refractivity contribution in [3.8, 4) is 51.0 Å². The Morgan fingerprint density at radius 3 is 1.55 bits per heavy atom. The molecule has 0 aliphatic heterocycles. The van der Waals surface area contributed by atoms with Crippen molar-refractivity contribution >= 4 is 21.8 Å². The highest BCUT2D eigenvalue weighted by Gasteiger charge is 2.46. The van der Waals surface area contributed by atoms with Crippen molar-refractivity contribution in [2.24, 2.45) is 0 Å². The van der Waals surface area contributed by atoms with Gasteiger partial charge in [0.15, 0.2) is 17.5 Å². The second-order valence-electron chi connectivity index (χ2n) is 19.0. The Morgan fingerprint density at radius 2 is 0.875 bits per heavy atom. The molecule has 308 valence electrons. The fourth-order valence-electron chi connectivity index (χ4n) is 11.0. The van der Waals surface area contributed by atoms with Crippen molar-refractivity contribution in [2.75, 3.05) is 0 Å². The number of fused-ring (bicyclic) bond motifs is 7. The first-order chi connectivity index (χ1) is 31.2. The van der Waals surface area contributed by atoms with E-state index in [1.165, 1.54) is 72.7 Å². The monoisotopic (exact) mass is 824 g/mol. The largest absolute Gasteiger partial charge is 0.309 e. The van der Waals surface area contributed by atoms with Crippen molar-refractivity contribution in [1.29, 1.82) is 0 Å². The van der Waals surface area contributed by atoms with Gasteiger partial charge in [-0.3, -0.25) is 0 Å². The molecule has 0 radical (unpaired) electrons. The lowest BCUT2D eigenvalue weighted by Gasteiger charge is -2.42. The molecule has 4 nitrogen and oxygen atoms in total. The van der Waals surface area contributed by atoms with Gasteiger partial charge < -0.3 is 4.57 Å². The summed E-state index contributed by atoms with van der Waals surface area (Å²) in [5.41, 5.74) is 16.3. The predicted octanol–water partition coefficient (Wildman–Crippen LogP) is 14.7. The molecule has 0 saturated carbocycles. The lowest BCUT2D eigenvalue weighted by Crippen LogP contribution is -2.33. The molecule has 12 rings (SSSR count). The summed E-state index contributed by atoms with van der Waals surface area (Å²) in [5.74, 6) is 1.90. The van der Waals surface area contributed by atoms with Crippen molar-refractivity contribution < 1.29 is 0 Å². The Kier molecular flexibility index (Phi) is 8.55. The molecule has 2 heterocycles. The topological polar surface area (TPSA) is 43.6 Å². The van der Waals surface area contributed by atoms with E-state index in [9.17, 15) is 0 Å². The second kappa shape index (κ2) is 14.3. The van der Waals surface area contributed by atoms with Crippen LogP contribution in [-0.2, 0) is 16.2 Å². The van der Waals surface area contributed by atoms with Gasteiger partial charge in [0.05, 0.1) is 16.4 Å². The average Bonchev–Trinajstić information content (AvgIpc) is 3.84. The molecule has 0 bridgehead atoms. The summed E-state index contributed by atoms with van der Waals surface area (Å²) in [7, 11) is 0. The third kappa shape index (κ3) is 5.78. The van der Waals surface area contributed by atoms with Gasteiger partial charge in [-0.25, -0.2) is 15.0 Å². The Labute approximate surface area is 375 Å². The fourth-order valence-corrected chi connectivity index (χ4v) is 11.0. The Hall–Kier alpha value is -7.43. The van der Waals surface area contributed by atoms with Gasteiger partial charge in [0.1, 0.15) is 0 Å². The van der Waals surface area contributed by atoms with Crippen LogP contribution in [0.15, 0.2) is 194 Å². The van der Waals surface area contributed by atoms with Crippen LogP contribution in [0.25, 0.3) is 72.8 Å². The van der Waals surface area contributed by atoms with E-state index in [1.54, 1.807) is 0 Å². The van der Waals surface area contributed by atoms with Crippen LogP contribution in [0.3, 0.4) is 0 Å². The van der Waals surface area contributed by atoms with E-state index in [0.29, 0.717) is 17.5 Å². The number of nitrogens with zero attached hydrogens (tertiary/aromatic N) is 4. The molecule has 0 unspecified atom stereocenters. The lowest BCUT2D eigenvalue weighted by molar-refractivity contribution is 0.332. The van der Waals surface area contributed by atoms with Gasteiger partial charge in [-0.05, 0) is 105 Å². The summed E-state index contributed by atoms with van der Waals surface area (Å²) in [6, 6.07) is 70.4. The van der Waals surface area contributed by atoms with Gasteiger partial charge in [-0.15, -0.1) is 0 Å². The van der Waals surface area contributed by atoms with Crippen molar-refractivity contribution in [3.63, 3.8) is 0 Å². The molecular formula is C60H48N4. The molecule has 0 fully saturated rings. The molecule has 64 heavy (non-hydrogen) atoms. The SMILES string of the molecule is CC1(C)CCC(C)(C)c2cc3c(cc21)c1ccccc1n3-c1cccc(-c2nc(-c3ccccc3)nc(-c3cccc(C4(c5ccccc5)c5ccccc5-c5ccccc54)c3)n2)c1. The lowest BCUT2D eigenvalue weighted by atomic mass is 9.63. The zero-order chi connectivity index (χ0) is 43.2. The Bertz CT molecular complexity index is 3400. The van der Waals surface area contributed by atoms with Crippen LogP contribution < -0.4 is 0 Å². The minimum absolute atomic E-state index is 0.0832. The quantitative estimate of drug-likeness (QED) is 0.168. The van der Waals surface area contributed by atoms with Crippen LogP contribution in [0.4, 0.5) is 0 Å². The summed E-state index contributed by atoms with van der Waals surface area (Å²) in [6.45, 7) is 9.64. The van der Waals surface area contributed by atoms with Gasteiger partial charge in [0.25, 0.3) is 0 Å². The molecule has 0 spiro atoms. The van der Waals surface area contributed by atoms with E-state index in [4.69, 9.17) is 15.0 Å². The maximum Gasteiger partial charge on any atom is 0.164 e. The number of para-hydroxylation sites is 1. The molecule has 10 aromatic rings. The highest BCUT2D eigenvalue weighted by Crippen LogP contribution is 2.56. The number of hydrogen-bond donors (Lipinski definition) is 0. The zero-order valence-corrected chi connectivity index (χ0v) is 36.7. The van der Waals surface area contributed by atoms with E-state index in [2.05, 4.69) is 208 Å². The van der Waals surface area contributed by atoms with E-state index in [1.807, 2.05) is 18.2 Å². The molecule has 2 aliphatic carbocycles. The highest BCUT2D eigenvalue weighted by atomic mass is 15.0. The minimum atomic E-state index is -0.538. The average molecular weight is 825 g/mol. The smallest absolute Gasteiger partial charge is 0.164 e. The van der Waals surface area contributed by atoms with Gasteiger partial charge in [-0.1, -0.05) is 185 Å². The van der Waals surface area contributed by atoms with E-state index in [0.717, 1.165) is 28.8 Å². The van der Waals surface area contributed by atoms with Crippen LogP contribution in [0.5, 0.6) is 0 Å². The molecular weight excluding hydrogens is 777 g/mol. The van der Waals surface area contributed by atoms with Crippen LogP contribution in [0.2, 0.25) is 0 Å². The first kappa shape index (κ1) is 38.3. The zero-order valence-electron chi connectivity index (χ0n) is 36.7. The molecule has 0 atom stereocenters. The summed E-state index contributed by atoms with van der Waals surface area (Å²) < 4.78 is 2.44. The summed E-state index contributed by atoms with van der Waals surface area (Å²) in [4.78, 5) is 15.8. The van der Waals surface area contributed by atoms with Crippen molar-refractivity contribution in [1.82, 2.24) is 19.5 Å². The molecule has 2 aliphatic rings. The predicted molar refractivity (Wildman–Crippen MR) is 263 cm³/mol. The van der Waals surface area contributed by atoms with Crippen LogP contribution in [0, 0.1) is 0 Å². The summed E-state index contributed by atoms with van der Waals surface area (Å²) in [5, 5.41) is 2.55. The molecule has 2 aromatic heterocycles. The van der Waals surface area contributed by atoms with E-state index in [-0.39, 0.29) is 10.8 Å². The molecule has 8 aromatic carbocycles. The maximum absolute atomic E-state index is 5.36. The van der Waals surface area contributed by atoms with E-state index >= 15 is 0 Å². The molecule has 0 amide bonds. The van der Waals surface area contributed by atoms with Crippen molar-refractivity contribution in [2.45, 2.75) is 56.8 Å². The normalized spacial score (nSPS) is 15.4. The van der Waals surface area contributed by atoms with Gasteiger partial charge in [-0.2, -0.15) is 0 Å². The van der Waals surface area contributed by atoms with Crippen LogP contribution in [0.1, 0.15) is 73.9 Å².